The van der Waals surface area contributed by atoms with Gasteiger partial charge >= 0.3 is 0 Å². The minimum atomic E-state index is -0.408. The van der Waals surface area contributed by atoms with Gasteiger partial charge in [0.05, 0.1) is 16.3 Å². The molecule has 3 rings (SSSR count). The van der Waals surface area contributed by atoms with Crippen molar-refractivity contribution < 1.29 is 4.92 Å². The van der Waals surface area contributed by atoms with Gasteiger partial charge in [-0.2, -0.15) is 5.10 Å². The highest BCUT2D eigenvalue weighted by molar-refractivity contribution is 5.60. The summed E-state index contributed by atoms with van der Waals surface area (Å²) < 4.78 is 1.78. The molecule has 1 heterocycles. The molecule has 21 heavy (non-hydrogen) atoms. The van der Waals surface area contributed by atoms with Crippen molar-refractivity contribution >= 4 is 5.69 Å². The molecule has 0 radical (unpaired) electrons. The Morgan fingerprint density at radius 2 is 1.71 bits per heavy atom. The van der Waals surface area contributed by atoms with Crippen molar-refractivity contribution in [2.24, 2.45) is 0 Å². The van der Waals surface area contributed by atoms with E-state index in [4.69, 9.17) is 0 Å². The first-order chi connectivity index (χ1) is 10.1. The maximum Gasteiger partial charge on any atom is 0.269 e. The van der Waals surface area contributed by atoms with Crippen molar-refractivity contribution in [2.45, 2.75) is 6.92 Å². The molecule has 0 aliphatic rings. The zero-order valence-corrected chi connectivity index (χ0v) is 11.4. The van der Waals surface area contributed by atoms with E-state index in [2.05, 4.69) is 5.10 Å². The molecular weight excluding hydrogens is 266 g/mol. The zero-order chi connectivity index (χ0) is 14.8. The molecule has 104 valence electrons. The van der Waals surface area contributed by atoms with Gasteiger partial charge in [0.1, 0.15) is 0 Å². The Bertz CT molecular complexity index is 777. The summed E-state index contributed by atoms with van der Waals surface area (Å²) in [6.45, 7) is 1.96. The largest absolute Gasteiger partial charge is 0.269 e. The first-order valence-corrected chi connectivity index (χ1v) is 6.52. The third kappa shape index (κ3) is 2.53. The standard InChI is InChI=1S/C16H13N3O2/c1-12-11-16(13-5-3-2-4-6-13)17-18(12)14-7-9-15(10-8-14)19(20)21/h2-11H,1H3. The molecule has 0 unspecified atom stereocenters. The van der Waals surface area contributed by atoms with Crippen LogP contribution in [0.25, 0.3) is 16.9 Å². The molecule has 5 nitrogen and oxygen atoms in total. The van der Waals surface area contributed by atoms with E-state index in [0.717, 1.165) is 22.6 Å². The van der Waals surface area contributed by atoms with E-state index in [9.17, 15) is 10.1 Å². The van der Waals surface area contributed by atoms with Crippen molar-refractivity contribution in [1.29, 1.82) is 0 Å². The van der Waals surface area contributed by atoms with E-state index in [1.165, 1.54) is 12.1 Å². The van der Waals surface area contributed by atoms with Crippen LogP contribution in [0, 0.1) is 17.0 Å². The van der Waals surface area contributed by atoms with Crippen LogP contribution in [0.2, 0.25) is 0 Å². The lowest BCUT2D eigenvalue weighted by molar-refractivity contribution is -0.384. The van der Waals surface area contributed by atoms with Gasteiger partial charge in [0.2, 0.25) is 0 Å². The summed E-state index contributed by atoms with van der Waals surface area (Å²) in [6.07, 6.45) is 0. The lowest BCUT2D eigenvalue weighted by atomic mass is 10.1. The van der Waals surface area contributed by atoms with Gasteiger partial charge < -0.3 is 0 Å². The Morgan fingerprint density at radius 3 is 2.33 bits per heavy atom. The number of nitro groups is 1. The Labute approximate surface area is 121 Å². The van der Waals surface area contributed by atoms with Crippen LogP contribution >= 0.6 is 0 Å². The molecule has 0 spiro atoms. The second-order valence-corrected chi connectivity index (χ2v) is 4.72. The first kappa shape index (κ1) is 13.1. The molecule has 0 aliphatic heterocycles. The van der Waals surface area contributed by atoms with Crippen LogP contribution < -0.4 is 0 Å². The lowest BCUT2D eigenvalue weighted by Gasteiger charge is -2.03. The summed E-state index contributed by atoms with van der Waals surface area (Å²) in [5, 5.41) is 15.3. The monoisotopic (exact) mass is 279 g/mol. The number of aromatic nitrogens is 2. The highest BCUT2D eigenvalue weighted by Gasteiger charge is 2.10. The number of benzene rings is 2. The van der Waals surface area contributed by atoms with E-state index < -0.39 is 4.92 Å². The summed E-state index contributed by atoms with van der Waals surface area (Å²) in [7, 11) is 0. The number of hydrogen-bond donors (Lipinski definition) is 0. The number of rotatable bonds is 3. The van der Waals surface area contributed by atoms with Crippen molar-refractivity contribution in [3.05, 3.63) is 76.5 Å². The second kappa shape index (κ2) is 5.20. The van der Waals surface area contributed by atoms with Crippen LogP contribution in [0.15, 0.2) is 60.7 Å². The fourth-order valence-electron chi connectivity index (χ4n) is 2.20. The van der Waals surface area contributed by atoms with Crippen LogP contribution in [0.1, 0.15) is 5.69 Å². The van der Waals surface area contributed by atoms with Crippen molar-refractivity contribution in [2.75, 3.05) is 0 Å². The van der Waals surface area contributed by atoms with Gasteiger partial charge in [-0.25, -0.2) is 4.68 Å². The molecule has 0 N–H and O–H groups in total. The predicted octanol–water partition coefficient (Wildman–Crippen LogP) is 3.76. The molecule has 5 heteroatoms. The third-order valence-corrected chi connectivity index (χ3v) is 3.26. The van der Waals surface area contributed by atoms with Gasteiger partial charge in [-0.15, -0.1) is 0 Å². The van der Waals surface area contributed by atoms with Gasteiger partial charge in [-0.3, -0.25) is 10.1 Å². The van der Waals surface area contributed by atoms with Crippen molar-refractivity contribution in [3.63, 3.8) is 0 Å². The highest BCUT2D eigenvalue weighted by atomic mass is 16.6. The summed E-state index contributed by atoms with van der Waals surface area (Å²) in [5.41, 5.74) is 3.78. The maximum absolute atomic E-state index is 10.7. The SMILES string of the molecule is Cc1cc(-c2ccccc2)nn1-c1ccc([N+](=O)[O-])cc1. The van der Waals surface area contributed by atoms with Crippen LogP contribution in [0.5, 0.6) is 0 Å². The Morgan fingerprint density at radius 1 is 1.05 bits per heavy atom. The van der Waals surface area contributed by atoms with Crippen LogP contribution in [-0.2, 0) is 0 Å². The molecular formula is C16H13N3O2. The smallest absolute Gasteiger partial charge is 0.258 e. The predicted molar refractivity (Wildman–Crippen MR) is 80.4 cm³/mol. The Hall–Kier alpha value is -2.95. The topological polar surface area (TPSA) is 61.0 Å². The van der Waals surface area contributed by atoms with E-state index in [-0.39, 0.29) is 5.69 Å². The van der Waals surface area contributed by atoms with Crippen LogP contribution in [0.4, 0.5) is 5.69 Å². The fourth-order valence-corrected chi connectivity index (χ4v) is 2.20. The van der Waals surface area contributed by atoms with E-state index >= 15 is 0 Å². The second-order valence-electron chi connectivity index (χ2n) is 4.72. The average molecular weight is 279 g/mol. The zero-order valence-electron chi connectivity index (χ0n) is 11.4. The lowest BCUT2D eigenvalue weighted by Crippen LogP contribution is -1.99. The first-order valence-electron chi connectivity index (χ1n) is 6.52. The molecule has 1 aromatic heterocycles. The number of hydrogen-bond acceptors (Lipinski definition) is 3. The molecule has 0 bridgehead atoms. The van der Waals surface area contributed by atoms with E-state index in [1.807, 2.05) is 43.3 Å². The molecule has 0 saturated carbocycles. The van der Waals surface area contributed by atoms with Gasteiger partial charge in [-0.1, -0.05) is 30.3 Å². The number of non-ortho nitro benzene ring substituents is 1. The number of aryl methyl sites for hydroxylation is 1. The normalized spacial score (nSPS) is 10.5. The summed E-state index contributed by atoms with van der Waals surface area (Å²) >= 11 is 0. The minimum Gasteiger partial charge on any atom is -0.258 e. The Balaban J connectivity index is 2.00. The van der Waals surface area contributed by atoms with Gasteiger partial charge in [-0.05, 0) is 25.1 Å². The molecule has 0 saturated heterocycles. The summed E-state index contributed by atoms with van der Waals surface area (Å²) in [5.74, 6) is 0. The van der Waals surface area contributed by atoms with Crippen molar-refractivity contribution in [3.8, 4) is 16.9 Å². The molecule has 2 aromatic carbocycles. The average Bonchev–Trinajstić information content (AvgIpc) is 2.90. The Kier molecular flexibility index (Phi) is 3.23. The minimum absolute atomic E-state index is 0.0758. The van der Waals surface area contributed by atoms with E-state index in [1.54, 1.807) is 16.8 Å². The summed E-state index contributed by atoms with van der Waals surface area (Å²) in [4.78, 5) is 10.3. The molecule has 0 fully saturated rings. The molecule has 0 atom stereocenters. The molecule has 0 aliphatic carbocycles. The number of nitrogens with zero attached hydrogens (tertiary/aromatic N) is 3. The van der Waals surface area contributed by atoms with Gasteiger partial charge in [0.25, 0.3) is 5.69 Å². The fraction of sp³-hybridized carbons (Fsp3) is 0.0625. The maximum atomic E-state index is 10.7. The van der Waals surface area contributed by atoms with Gasteiger partial charge in [0.15, 0.2) is 0 Å². The number of nitro benzene ring substituents is 1. The van der Waals surface area contributed by atoms with Crippen LogP contribution in [0.3, 0.4) is 0 Å². The quantitative estimate of drug-likeness (QED) is 0.541. The molecule has 0 amide bonds. The van der Waals surface area contributed by atoms with Crippen molar-refractivity contribution in [1.82, 2.24) is 9.78 Å². The van der Waals surface area contributed by atoms with Crippen LogP contribution in [-0.4, -0.2) is 14.7 Å². The molecule has 3 aromatic rings. The van der Waals surface area contributed by atoms with E-state index in [0.29, 0.717) is 0 Å². The third-order valence-electron chi connectivity index (χ3n) is 3.26. The van der Waals surface area contributed by atoms with Gasteiger partial charge in [0, 0.05) is 23.4 Å². The highest BCUT2D eigenvalue weighted by Crippen LogP contribution is 2.22. The summed E-state index contributed by atoms with van der Waals surface area (Å²) in [6, 6.07) is 18.3.